The maximum atomic E-state index is 12.6. The second kappa shape index (κ2) is 15.4. The average Bonchev–Trinajstić information content (AvgIpc) is 2.32. The van der Waals surface area contributed by atoms with Crippen LogP contribution < -0.4 is 0 Å². The van der Waals surface area contributed by atoms with E-state index in [0.717, 1.165) is 12.0 Å². The maximum absolute atomic E-state index is 12.6. The first kappa shape index (κ1) is 19.5. The molecule has 1 N–H and O–H groups in total. The van der Waals surface area contributed by atoms with Crippen LogP contribution >= 0.6 is 0 Å². The zero-order chi connectivity index (χ0) is 12.9. The largest absolute Gasteiger partial charge is 0.505 e. The predicted octanol–water partition coefficient (Wildman–Crippen LogP) is 5.32. The molecule has 0 aliphatic carbocycles. The average molecular weight is 216 g/mol. The van der Waals surface area contributed by atoms with Crippen molar-refractivity contribution in [3.63, 3.8) is 0 Å². The Bertz CT molecular complexity index is 193. The molecular weight excluding hydrogens is 191 g/mol. The van der Waals surface area contributed by atoms with E-state index in [2.05, 4.69) is 13.2 Å². The third-order valence-electron chi connectivity index (χ3n) is 1.53. The van der Waals surface area contributed by atoms with Crippen LogP contribution in [0.3, 0.4) is 0 Å². The fraction of sp³-hybridized carbons (Fsp3) is 0.538. The van der Waals surface area contributed by atoms with Crippen molar-refractivity contribution in [3.8, 4) is 0 Å². The molecule has 0 spiro atoms. The summed E-state index contributed by atoms with van der Waals surface area (Å²) in [6.07, 6.45) is 2.55. The summed E-state index contributed by atoms with van der Waals surface area (Å²) in [6.45, 7) is 15.5. The van der Waals surface area contributed by atoms with Gasteiger partial charge >= 0.3 is 0 Å². The monoisotopic (exact) mass is 216 g/mol. The lowest BCUT2D eigenvalue weighted by atomic mass is 10.2. The van der Waals surface area contributed by atoms with Crippen LogP contribution in [0.5, 0.6) is 0 Å². The Balaban J connectivity index is -0.000000318. The van der Waals surface area contributed by atoms with Gasteiger partial charge in [0, 0.05) is 6.42 Å². The Morgan fingerprint density at radius 1 is 1.20 bits per heavy atom. The quantitative estimate of drug-likeness (QED) is 0.384. The number of allylic oxidation sites excluding steroid dienone is 3. The van der Waals surface area contributed by atoms with E-state index in [1.807, 2.05) is 27.7 Å². The molecule has 0 amide bonds. The molecule has 0 aliphatic rings. The van der Waals surface area contributed by atoms with Gasteiger partial charge < -0.3 is 5.11 Å². The summed E-state index contributed by atoms with van der Waals surface area (Å²) in [5.41, 5.74) is 0.978. The molecule has 0 rings (SSSR count). The number of hydrogen-bond acceptors (Lipinski definition) is 1. The van der Waals surface area contributed by atoms with Gasteiger partial charge in [0.25, 0.3) is 0 Å². The summed E-state index contributed by atoms with van der Waals surface area (Å²) >= 11 is 0. The highest BCUT2D eigenvalue weighted by Gasteiger charge is 1.98. The summed E-state index contributed by atoms with van der Waals surface area (Å²) < 4.78 is 12.6. The lowest BCUT2D eigenvalue weighted by Gasteiger charge is -1.96. The van der Waals surface area contributed by atoms with Crippen LogP contribution in [0.15, 0.2) is 36.4 Å². The zero-order valence-electron chi connectivity index (χ0n) is 10.7. The van der Waals surface area contributed by atoms with Crippen molar-refractivity contribution in [1.82, 2.24) is 0 Å². The summed E-state index contributed by atoms with van der Waals surface area (Å²) in [7, 11) is 0. The summed E-state index contributed by atoms with van der Waals surface area (Å²) in [6, 6.07) is 0. The van der Waals surface area contributed by atoms with E-state index in [4.69, 9.17) is 5.11 Å². The predicted molar refractivity (Wildman–Crippen MR) is 67.7 cm³/mol. The molecule has 1 nitrogen and oxygen atoms in total. The third-order valence-corrected chi connectivity index (χ3v) is 1.53. The standard InChI is InChI=1S/C9H15FO.C2H6.C2H4/c1-4-7(3)6-9(11)8(10)5-2;2*1-2/h6,11H,4-5H2,1-3H3;1-2H3;1-2H2/b7-6+,9-8-;;. The fourth-order valence-corrected chi connectivity index (χ4v) is 0.595. The van der Waals surface area contributed by atoms with Crippen molar-refractivity contribution in [3.05, 3.63) is 36.4 Å². The van der Waals surface area contributed by atoms with E-state index in [1.165, 1.54) is 6.08 Å². The Morgan fingerprint density at radius 2 is 1.60 bits per heavy atom. The van der Waals surface area contributed by atoms with Crippen LogP contribution in [0.4, 0.5) is 4.39 Å². The van der Waals surface area contributed by atoms with Gasteiger partial charge in [0.05, 0.1) is 0 Å². The Morgan fingerprint density at radius 3 is 1.87 bits per heavy atom. The molecule has 0 saturated carbocycles. The lowest BCUT2D eigenvalue weighted by molar-refractivity contribution is 0.393. The van der Waals surface area contributed by atoms with Crippen LogP contribution in [0.2, 0.25) is 0 Å². The first-order valence-electron chi connectivity index (χ1n) is 5.36. The van der Waals surface area contributed by atoms with Crippen molar-refractivity contribution in [2.75, 3.05) is 0 Å². The molecule has 0 atom stereocenters. The van der Waals surface area contributed by atoms with Crippen molar-refractivity contribution >= 4 is 0 Å². The van der Waals surface area contributed by atoms with E-state index in [9.17, 15) is 4.39 Å². The van der Waals surface area contributed by atoms with Gasteiger partial charge in [0.2, 0.25) is 0 Å². The van der Waals surface area contributed by atoms with Crippen LogP contribution in [0.25, 0.3) is 0 Å². The molecule has 0 radical (unpaired) electrons. The number of aliphatic hydroxyl groups excluding tert-OH is 1. The molecule has 0 aromatic rings. The van der Waals surface area contributed by atoms with Gasteiger partial charge in [0.1, 0.15) is 11.6 Å². The van der Waals surface area contributed by atoms with Gasteiger partial charge in [-0.15, -0.1) is 13.2 Å². The minimum Gasteiger partial charge on any atom is -0.505 e. The van der Waals surface area contributed by atoms with E-state index in [0.29, 0.717) is 0 Å². The number of halogens is 1. The Hall–Kier alpha value is -1.05. The SMILES string of the molecule is C=C.CC.CC/C(F)=C(O)\C=C(/C)CC. The second-order valence-electron chi connectivity index (χ2n) is 2.49. The molecule has 0 fully saturated rings. The van der Waals surface area contributed by atoms with Crippen LogP contribution in [0.1, 0.15) is 47.5 Å². The fourth-order valence-electron chi connectivity index (χ4n) is 0.595. The minimum absolute atomic E-state index is 0.230. The smallest absolute Gasteiger partial charge is 0.146 e. The van der Waals surface area contributed by atoms with Crippen LogP contribution in [-0.4, -0.2) is 5.11 Å². The molecule has 90 valence electrons. The lowest BCUT2D eigenvalue weighted by Crippen LogP contribution is -1.82. The van der Waals surface area contributed by atoms with E-state index >= 15 is 0 Å². The highest BCUT2D eigenvalue weighted by Crippen LogP contribution is 2.11. The first-order valence-corrected chi connectivity index (χ1v) is 5.36. The highest BCUT2D eigenvalue weighted by atomic mass is 19.1. The highest BCUT2D eigenvalue weighted by molar-refractivity contribution is 5.18. The molecule has 0 unspecified atom stereocenters. The minimum atomic E-state index is -0.446. The Kier molecular flexibility index (Phi) is 20.1. The van der Waals surface area contributed by atoms with Crippen molar-refractivity contribution in [2.45, 2.75) is 47.5 Å². The maximum Gasteiger partial charge on any atom is 0.146 e. The molecular formula is C13H25FO. The summed E-state index contributed by atoms with van der Waals surface area (Å²) in [5, 5.41) is 9.05. The second-order valence-corrected chi connectivity index (χ2v) is 2.49. The zero-order valence-corrected chi connectivity index (χ0v) is 10.7. The van der Waals surface area contributed by atoms with Gasteiger partial charge in [-0.1, -0.05) is 33.3 Å². The van der Waals surface area contributed by atoms with Gasteiger partial charge in [0.15, 0.2) is 0 Å². The number of hydrogen-bond donors (Lipinski definition) is 1. The van der Waals surface area contributed by atoms with Gasteiger partial charge in [-0.05, 0) is 19.4 Å². The van der Waals surface area contributed by atoms with Gasteiger partial charge in [-0.25, -0.2) is 4.39 Å². The molecule has 0 aliphatic heterocycles. The number of aliphatic hydroxyl groups is 1. The van der Waals surface area contributed by atoms with Crippen molar-refractivity contribution < 1.29 is 9.50 Å². The van der Waals surface area contributed by atoms with Crippen molar-refractivity contribution in [2.24, 2.45) is 0 Å². The molecule has 15 heavy (non-hydrogen) atoms. The van der Waals surface area contributed by atoms with Crippen molar-refractivity contribution in [1.29, 1.82) is 0 Å². The molecule has 0 aromatic carbocycles. The first-order chi connectivity index (χ1) is 7.11. The summed E-state index contributed by atoms with van der Waals surface area (Å²) in [5.74, 6) is -0.676. The van der Waals surface area contributed by atoms with Gasteiger partial charge in [-0.3, -0.25) is 0 Å². The van der Waals surface area contributed by atoms with Gasteiger partial charge in [-0.2, -0.15) is 0 Å². The molecule has 0 saturated heterocycles. The molecule has 0 heterocycles. The molecule has 0 aromatic heterocycles. The van der Waals surface area contributed by atoms with Crippen LogP contribution in [-0.2, 0) is 0 Å². The van der Waals surface area contributed by atoms with E-state index in [1.54, 1.807) is 6.92 Å². The topological polar surface area (TPSA) is 20.2 Å². The Labute approximate surface area is 94.0 Å². The van der Waals surface area contributed by atoms with E-state index in [-0.39, 0.29) is 12.2 Å². The molecule has 0 bridgehead atoms. The normalized spacial score (nSPS) is 11.5. The number of rotatable bonds is 3. The van der Waals surface area contributed by atoms with E-state index < -0.39 is 5.83 Å². The van der Waals surface area contributed by atoms with Crippen LogP contribution in [0, 0.1) is 0 Å². The summed E-state index contributed by atoms with van der Waals surface area (Å²) in [4.78, 5) is 0. The molecule has 2 heteroatoms. The third kappa shape index (κ3) is 12.9.